The van der Waals surface area contributed by atoms with Crippen LogP contribution in [-0.2, 0) is 0 Å². The number of nitrogens with zero attached hydrogens (tertiary/aromatic N) is 3. The van der Waals surface area contributed by atoms with Crippen molar-refractivity contribution in [3.63, 3.8) is 0 Å². The predicted octanol–water partition coefficient (Wildman–Crippen LogP) is 0.805. The lowest BCUT2D eigenvalue weighted by Gasteiger charge is -2.27. The van der Waals surface area contributed by atoms with Crippen molar-refractivity contribution in [2.75, 3.05) is 18.1 Å². The molecule has 1 aromatic heterocycles. The molecule has 11 heavy (non-hydrogen) atoms. The fourth-order valence-electron chi connectivity index (χ4n) is 1.47. The molecule has 0 amide bonds. The molecule has 0 unspecified atom stereocenters. The summed E-state index contributed by atoms with van der Waals surface area (Å²) in [6.07, 6.45) is 8.69. The predicted molar refractivity (Wildman–Crippen MR) is 42.9 cm³/mol. The van der Waals surface area contributed by atoms with E-state index in [9.17, 15) is 0 Å². The van der Waals surface area contributed by atoms with Crippen molar-refractivity contribution in [3.05, 3.63) is 18.5 Å². The molecule has 3 nitrogen and oxygen atoms in total. The summed E-state index contributed by atoms with van der Waals surface area (Å²) in [5.41, 5.74) is 0. The molecule has 0 aromatic carbocycles. The van der Waals surface area contributed by atoms with E-state index >= 15 is 0 Å². The first-order chi connectivity index (χ1) is 5.47. The van der Waals surface area contributed by atoms with E-state index in [-0.39, 0.29) is 0 Å². The summed E-state index contributed by atoms with van der Waals surface area (Å²) in [7, 11) is 0. The van der Waals surface area contributed by atoms with Crippen LogP contribution in [0.15, 0.2) is 12.3 Å². The lowest BCUT2D eigenvalue weighted by molar-refractivity contribution is 0.448. The van der Waals surface area contributed by atoms with E-state index in [0.29, 0.717) is 0 Å². The van der Waals surface area contributed by atoms with E-state index in [1.54, 1.807) is 0 Å². The van der Waals surface area contributed by atoms with Crippen molar-refractivity contribution in [3.8, 4) is 0 Å². The van der Waals surface area contributed by atoms with E-state index in [1.807, 2.05) is 17.1 Å². The smallest absolute Gasteiger partial charge is 0.115 e. The van der Waals surface area contributed by atoms with Crippen LogP contribution in [0.4, 0.5) is 0 Å². The molecule has 0 atom stereocenters. The highest BCUT2D eigenvalue weighted by Crippen LogP contribution is 2.06. The number of rotatable bonds is 1. The molecule has 3 heteroatoms. The average Bonchev–Trinajstić information content (AvgIpc) is 2.58. The number of piperidine rings is 1. The number of hydrogen-bond donors (Lipinski definition) is 0. The topological polar surface area (TPSA) is 21.1 Å². The third-order valence-corrected chi connectivity index (χ3v) is 2.06. The standard InChI is InChI=1S/C8H12N3/c1-2-6-10(7-3-1)11-8-4-5-9-11/h4,8H,1-3,6-7H2. The highest BCUT2D eigenvalue weighted by atomic mass is 15.6. The molecule has 59 valence electrons. The lowest BCUT2D eigenvalue weighted by atomic mass is 10.2. The average molecular weight is 150 g/mol. The van der Waals surface area contributed by atoms with Crippen LogP contribution in [0.25, 0.3) is 0 Å². The number of hydrogen-bond acceptors (Lipinski definition) is 2. The molecule has 1 aliphatic heterocycles. The second kappa shape index (κ2) is 2.95. The van der Waals surface area contributed by atoms with E-state index in [2.05, 4.69) is 16.3 Å². The minimum Gasteiger partial charge on any atom is -0.297 e. The Labute approximate surface area is 66.6 Å². The van der Waals surface area contributed by atoms with Gasteiger partial charge in [0.1, 0.15) is 6.20 Å². The van der Waals surface area contributed by atoms with Crippen LogP contribution in [-0.4, -0.2) is 23.0 Å². The summed E-state index contributed by atoms with van der Waals surface area (Å²) in [6.45, 7) is 2.27. The zero-order valence-corrected chi connectivity index (χ0v) is 6.53. The maximum Gasteiger partial charge on any atom is 0.115 e. The second-order valence-corrected chi connectivity index (χ2v) is 2.88. The summed E-state index contributed by atoms with van der Waals surface area (Å²) in [5.74, 6) is 0. The minimum absolute atomic E-state index is 1.13. The molecular formula is C8H12N3. The highest BCUT2D eigenvalue weighted by Gasteiger charge is 2.09. The largest absolute Gasteiger partial charge is 0.297 e. The lowest BCUT2D eigenvalue weighted by Crippen LogP contribution is -2.39. The van der Waals surface area contributed by atoms with Crippen LogP contribution in [0.5, 0.6) is 0 Å². The van der Waals surface area contributed by atoms with Crippen molar-refractivity contribution in [2.45, 2.75) is 19.3 Å². The van der Waals surface area contributed by atoms with E-state index in [4.69, 9.17) is 0 Å². The Morgan fingerprint density at radius 3 is 2.64 bits per heavy atom. The molecule has 0 spiro atoms. The van der Waals surface area contributed by atoms with Crippen LogP contribution < -0.4 is 5.01 Å². The first kappa shape index (κ1) is 6.70. The Morgan fingerprint density at radius 1 is 1.18 bits per heavy atom. The Morgan fingerprint density at radius 2 is 2.00 bits per heavy atom. The molecule has 0 bridgehead atoms. The van der Waals surface area contributed by atoms with Gasteiger partial charge >= 0.3 is 0 Å². The minimum atomic E-state index is 1.13. The van der Waals surface area contributed by atoms with Crippen LogP contribution in [0.2, 0.25) is 0 Å². The quantitative estimate of drug-likeness (QED) is 0.590. The SMILES string of the molecule is [c]1ccn(N2CCCCC2)n1. The fourth-order valence-corrected chi connectivity index (χ4v) is 1.47. The van der Waals surface area contributed by atoms with Crippen molar-refractivity contribution in [1.82, 2.24) is 9.89 Å². The zero-order valence-electron chi connectivity index (χ0n) is 6.53. The van der Waals surface area contributed by atoms with Gasteiger partial charge in [0.05, 0.1) is 0 Å². The zero-order chi connectivity index (χ0) is 7.52. The Kier molecular flexibility index (Phi) is 1.79. The van der Waals surface area contributed by atoms with Gasteiger partial charge in [0, 0.05) is 19.3 Å². The summed E-state index contributed by atoms with van der Waals surface area (Å²) in [5, 5.41) is 6.31. The third-order valence-electron chi connectivity index (χ3n) is 2.06. The molecule has 0 saturated carbocycles. The van der Waals surface area contributed by atoms with Gasteiger partial charge < -0.3 is 0 Å². The molecule has 1 saturated heterocycles. The molecule has 0 N–H and O–H groups in total. The fraction of sp³-hybridized carbons (Fsp3) is 0.625. The van der Waals surface area contributed by atoms with Crippen molar-refractivity contribution >= 4 is 0 Å². The van der Waals surface area contributed by atoms with Gasteiger partial charge in [0.25, 0.3) is 0 Å². The highest BCUT2D eigenvalue weighted by molar-refractivity contribution is 4.89. The maximum atomic E-state index is 4.06. The Hall–Kier alpha value is -0.990. The van der Waals surface area contributed by atoms with Gasteiger partial charge in [-0.25, -0.2) is 0 Å². The first-order valence-corrected chi connectivity index (χ1v) is 4.14. The Bertz CT molecular complexity index is 199. The molecular weight excluding hydrogens is 138 g/mol. The van der Waals surface area contributed by atoms with Gasteiger partial charge in [-0.15, -0.1) is 0 Å². The summed E-state index contributed by atoms with van der Waals surface area (Å²) >= 11 is 0. The first-order valence-electron chi connectivity index (χ1n) is 4.14. The third kappa shape index (κ3) is 1.37. The monoisotopic (exact) mass is 150 g/mol. The van der Waals surface area contributed by atoms with Crippen molar-refractivity contribution in [1.29, 1.82) is 0 Å². The van der Waals surface area contributed by atoms with Crippen LogP contribution in [0.3, 0.4) is 0 Å². The molecule has 1 aliphatic rings. The van der Waals surface area contributed by atoms with Crippen molar-refractivity contribution < 1.29 is 0 Å². The van der Waals surface area contributed by atoms with Crippen LogP contribution >= 0.6 is 0 Å². The number of aromatic nitrogens is 2. The van der Waals surface area contributed by atoms with E-state index < -0.39 is 0 Å². The molecule has 2 heterocycles. The maximum absolute atomic E-state index is 4.06. The van der Waals surface area contributed by atoms with Gasteiger partial charge in [0.15, 0.2) is 0 Å². The molecule has 0 aliphatic carbocycles. The summed E-state index contributed by atoms with van der Waals surface area (Å²) < 4.78 is 0. The molecule has 1 aromatic rings. The van der Waals surface area contributed by atoms with Crippen LogP contribution in [0.1, 0.15) is 19.3 Å². The Balaban J connectivity index is 2.04. The summed E-state index contributed by atoms with van der Waals surface area (Å²) in [6, 6.07) is 1.84. The van der Waals surface area contributed by atoms with Gasteiger partial charge in [-0.05, 0) is 25.3 Å². The van der Waals surface area contributed by atoms with Gasteiger partial charge in [-0.1, -0.05) is 0 Å². The molecule has 1 fully saturated rings. The summed E-state index contributed by atoms with van der Waals surface area (Å²) in [4.78, 5) is 1.89. The van der Waals surface area contributed by atoms with E-state index in [0.717, 1.165) is 13.1 Å². The normalized spacial score (nSPS) is 18.7. The van der Waals surface area contributed by atoms with Gasteiger partial charge in [-0.2, -0.15) is 9.89 Å². The molecule has 2 rings (SSSR count). The van der Waals surface area contributed by atoms with Gasteiger partial charge in [-0.3, -0.25) is 5.01 Å². The van der Waals surface area contributed by atoms with Crippen molar-refractivity contribution in [2.24, 2.45) is 0 Å². The van der Waals surface area contributed by atoms with Gasteiger partial charge in [0.2, 0.25) is 0 Å². The second-order valence-electron chi connectivity index (χ2n) is 2.88. The van der Waals surface area contributed by atoms with Crippen LogP contribution in [0, 0.1) is 6.20 Å². The molecule has 1 radical (unpaired) electrons. The van der Waals surface area contributed by atoms with E-state index in [1.165, 1.54) is 19.3 Å².